The molecule has 0 saturated carbocycles. The molecule has 3 nitrogen and oxygen atoms in total. The Morgan fingerprint density at radius 3 is 2.64 bits per heavy atom. The predicted octanol–water partition coefficient (Wildman–Crippen LogP) is 2.20. The van der Waals surface area contributed by atoms with E-state index in [4.69, 9.17) is 14.2 Å². The Bertz CT molecular complexity index is 159. The average molecular weight is 202 g/mol. The van der Waals surface area contributed by atoms with Crippen molar-refractivity contribution in [2.24, 2.45) is 5.92 Å². The van der Waals surface area contributed by atoms with Crippen LogP contribution in [0.2, 0.25) is 0 Å². The van der Waals surface area contributed by atoms with E-state index >= 15 is 0 Å². The zero-order chi connectivity index (χ0) is 10.6. The van der Waals surface area contributed by atoms with Gasteiger partial charge in [0.25, 0.3) is 0 Å². The van der Waals surface area contributed by atoms with Gasteiger partial charge >= 0.3 is 0 Å². The number of hydrogen-bond donors (Lipinski definition) is 0. The van der Waals surface area contributed by atoms with Gasteiger partial charge < -0.3 is 14.2 Å². The zero-order valence-corrected chi connectivity index (χ0v) is 9.66. The largest absolute Gasteiger partial charge is 0.376 e. The molecular weight excluding hydrogens is 180 g/mol. The Morgan fingerprint density at radius 2 is 2.07 bits per heavy atom. The SMILES string of the molecule is CO[C@@H]1CC[C@@H](C)O[C@H]1OCC(C)C. The highest BCUT2D eigenvalue weighted by atomic mass is 16.7. The first-order chi connectivity index (χ1) is 6.63. The summed E-state index contributed by atoms with van der Waals surface area (Å²) in [6.45, 7) is 7.08. The van der Waals surface area contributed by atoms with Gasteiger partial charge in [0.05, 0.1) is 12.7 Å². The number of methoxy groups -OCH3 is 1. The Labute approximate surface area is 86.7 Å². The van der Waals surface area contributed by atoms with E-state index in [1.807, 2.05) is 0 Å². The van der Waals surface area contributed by atoms with Crippen LogP contribution in [0.5, 0.6) is 0 Å². The van der Waals surface area contributed by atoms with Crippen molar-refractivity contribution in [3.05, 3.63) is 0 Å². The van der Waals surface area contributed by atoms with Crippen LogP contribution in [0.15, 0.2) is 0 Å². The molecule has 0 spiro atoms. The maximum Gasteiger partial charge on any atom is 0.183 e. The predicted molar refractivity (Wildman–Crippen MR) is 55.2 cm³/mol. The molecule has 14 heavy (non-hydrogen) atoms. The van der Waals surface area contributed by atoms with Gasteiger partial charge in [0.15, 0.2) is 6.29 Å². The van der Waals surface area contributed by atoms with Gasteiger partial charge in [-0.15, -0.1) is 0 Å². The summed E-state index contributed by atoms with van der Waals surface area (Å²) in [5.41, 5.74) is 0. The first-order valence-electron chi connectivity index (χ1n) is 5.43. The topological polar surface area (TPSA) is 27.7 Å². The fraction of sp³-hybridized carbons (Fsp3) is 1.00. The van der Waals surface area contributed by atoms with E-state index in [2.05, 4.69) is 20.8 Å². The number of rotatable bonds is 4. The van der Waals surface area contributed by atoms with Gasteiger partial charge in [0.1, 0.15) is 6.10 Å². The molecule has 84 valence electrons. The lowest BCUT2D eigenvalue weighted by atomic mass is 10.1. The molecule has 3 atom stereocenters. The van der Waals surface area contributed by atoms with E-state index in [0.717, 1.165) is 19.4 Å². The minimum absolute atomic E-state index is 0.102. The normalized spacial score (nSPS) is 33.6. The van der Waals surface area contributed by atoms with Crippen molar-refractivity contribution in [3.63, 3.8) is 0 Å². The van der Waals surface area contributed by atoms with Crippen LogP contribution in [0.1, 0.15) is 33.6 Å². The van der Waals surface area contributed by atoms with Gasteiger partial charge in [0.2, 0.25) is 0 Å². The van der Waals surface area contributed by atoms with E-state index < -0.39 is 0 Å². The zero-order valence-electron chi connectivity index (χ0n) is 9.66. The Kier molecular flexibility index (Phi) is 4.85. The van der Waals surface area contributed by atoms with Crippen LogP contribution in [0.4, 0.5) is 0 Å². The molecule has 0 aliphatic carbocycles. The Balaban J connectivity index is 2.36. The second kappa shape index (κ2) is 5.69. The Hall–Kier alpha value is -0.120. The molecule has 0 aromatic heterocycles. The summed E-state index contributed by atoms with van der Waals surface area (Å²) in [4.78, 5) is 0. The maximum absolute atomic E-state index is 5.69. The third-order valence-corrected chi connectivity index (χ3v) is 2.42. The van der Waals surface area contributed by atoms with Gasteiger partial charge in [-0.25, -0.2) is 0 Å². The molecule has 0 aromatic rings. The minimum atomic E-state index is -0.175. The molecule has 1 aliphatic heterocycles. The molecule has 1 fully saturated rings. The van der Waals surface area contributed by atoms with Crippen LogP contribution in [-0.2, 0) is 14.2 Å². The summed E-state index contributed by atoms with van der Waals surface area (Å²) in [6.07, 6.45) is 2.30. The van der Waals surface area contributed by atoms with Crippen LogP contribution in [0.3, 0.4) is 0 Å². The van der Waals surface area contributed by atoms with Crippen molar-refractivity contribution >= 4 is 0 Å². The molecule has 3 heteroatoms. The monoisotopic (exact) mass is 202 g/mol. The van der Waals surface area contributed by atoms with Crippen LogP contribution < -0.4 is 0 Å². The fourth-order valence-electron chi connectivity index (χ4n) is 1.58. The number of ether oxygens (including phenoxy) is 3. The highest BCUT2D eigenvalue weighted by Crippen LogP contribution is 2.22. The van der Waals surface area contributed by atoms with E-state index in [0.29, 0.717) is 12.0 Å². The number of hydrogen-bond acceptors (Lipinski definition) is 3. The molecule has 0 amide bonds. The minimum Gasteiger partial charge on any atom is -0.376 e. The third-order valence-electron chi connectivity index (χ3n) is 2.42. The molecule has 1 rings (SSSR count). The first kappa shape index (κ1) is 12.0. The second-order valence-corrected chi connectivity index (χ2v) is 4.39. The lowest BCUT2D eigenvalue weighted by Gasteiger charge is -2.34. The standard InChI is InChI=1S/C11H22O3/c1-8(2)7-13-11-10(12-4)6-5-9(3)14-11/h8-11H,5-7H2,1-4H3/t9-,10-,11-/m1/s1. The average Bonchev–Trinajstić information content (AvgIpc) is 2.15. The molecule has 1 heterocycles. The van der Waals surface area contributed by atoms with Crippen molar-refractivity contribution in [1.82, 2.24) is 0 Å². The van der Waals surface area contributed by atoms with Gasteiger partial charge in [0, 0.05) is 7.11 Å². The lowest BCUT2D eigenvalue weighted by molar-refractivity contribution is -0.245. The summed E-state index contributed by atoms with van der Waals surface area (Å²) >= 11 is 0. The molecule has 0 unspecified atom stereocenters. The highest BCUT2D eigenvalue weighted by molar-refractivity contribution is 4.72. The van der Waals surface area contributed by atoms with Crippen molar-refractivity contribution in [1.29, 1.82) is 0 Å². The first-order valence-corrected chi connectivity index (χ1v) is 5.43. The lowest BCUT2D eigenvalue weighted by Crippen LogP contribution is -2.41. The third kappa shape index (κ3) is 3.56. The molecule has 0 N–H and O–H groups in total. The van der Waals surface area contributed by atoms with Crippen molar-refractivity contribution < 1.29 is 14.2 Å². The van der Waals surface area contributed by atoms with Crippen molar-refractivity contribution in [2.45, 2.75) is 52.1 Å². The van der Waals surface area contributed by atoms with E-state index in [-0.39, 0.29) is 12.4 Å². The summed E-state index contributed by atoms with van der Waals surface area (Å²) in [5, 5.41) is 0. The molecule has 0 aromatic carbocycles. The van der Waals surface area contributed by atoms with Crippen LogP contribution in [0.25, 0.3) is 0 Å². The second-order valence-electron chi connectivity index (χ2n) is 4.39. The van der Waals surface area contributed by atoms with Crippen LogP contribution in [-0.4, -0.2) is 32.2 Å². The van der Waals surface area contributed by atoms with E-state index in [1.54, 1.807) is 7.11 Å². The van der Waals surface area contributed by atoms with Crippen LogP contribution >= 0.6 is 0 Å². The maximum atomic E-state index is 5.69. The smallest absolute Gasteiger partial charge is 0.183 e. The quantitative estimate of drug-likeness (QED) is 0.699. The summed E-state index contributed by atoms with van der Waals surface area (Å²) in [7, 11) is 1.72. The van der Waals surface area contributed by atoms with E-state index in [1.165, 1.54) is 0 Å². The molecule has 1 saturated heterocycles. The molecule has 1 aliphatic rings. The van der Waals surface area contributed by atoms with Gasteiger partial charge in [-0.05, 0) is 25.7 Å². The summed E-state index contributed by atoms with van der Waals surface area (Å²) in [5.74, 6) is 0.535. The highest BCUT2D eigenvalue weighted by Gasteiger charge is 2.30. The Morgan fingerprint density at radius 1 is 1.36 bits per heavy atom. The van der Waals surface area contributed by atoms with Crippen molar-refractivity contribution in [3.8, 4) is 0 Å². The van der Waals surface area contributed by atoms with Gasteiger partial charge in [-0.2, -0.15) is 0 Å². The summed E-state index contributed by atoms with van der Waals surface area (Å²) in [6, 6.07) is 0. The molecular formula is C11H22O3. The van der Waals surface area contributed by atoms with Crippen molar-refractivity contribution in [2.75, 3.05) is 13.7 Å². The molecule has 0 radical (unpaired) electrons. The van der Waals surface area contributed by atoms with Crippen LogP contribution in [0, 0.1) is 5.92 Å². The molecule has 0 bridgehead atoms. The van der Waals surface area contributed by atoms with E-state index in [9.17, 15) is 0 Å². The summed E-state index contributed by atoms with van der Waals surface area (Å²) < 4.78 is 16.7. The fourth-order valence-corrected chi connectivity index (χ4v) is 1.58. The van der Waals surface area contributed by atoms with Gasteiger partial charge in [-0.3, -0.25) is 0 Å². The van der Waals surface area contributed by atoms with Gasteiger partial charge in [-0.1, -0.05) is 13.8 Å².